The van der Waals surface area contributed by atoms with Gasteiger partial charge in [0, 0.05) is 13.0 Å². The van der Waals surface area contributed by atoms with Gasteiger partial charge in [-0.05, 0) is 44.3 Å². The van der Waals surface area contributed by atoms with E-state index in [9.17, 15) is 9.59 Å². The van der Waals surface area contributed by atoms with Gasteiger partial charge in [-0.25, -0.2) is 0 Å². The van der Waals surface area contributed by atoms with Crippen molar-refractivity contribution in [2.24, 2.45) is 0 Å². The lowest BCUT2D eigenvalue weighted by atomic mass is 10.3. The first kappa shape index (κ1) is 13.7. The number of rotatable bonds is 5. The van der Waals surface area contributed by atoms with Gasteiger partial charge in [-0.2, -0.15) is 0 Å². The Kier molecular flexibility index (Phi) is 5.43. The molecule has 88 valence electrons. The highest BCUT2D eigenvalue weighted by Crippen LogP contribution is 2.31. The quantitative estimate of drug-likeness (QED) is 0.783. The van der Waals surface area contributed by atoms with E-state index in [0.29, 0.717) is 18.5 Å². The molecule has 4 nitrogen and oxygen atoms in total. The molecule has 0 saturated heterocycles. The van der Waals surface area contributed by atoms with Crippen molar-refractivity contribution in [2.75, 3.05) is 6.54 Å². The Morgan fingerprint density at radius 3 is 2.62 bits per heavy atom. The average Bonchev–Trinajstić information content (AvgIpc) is 2.52. The van der Waals surface area contributed by atoms with Crippen LogP contribution in [-0.2, 0) is 4.79 Å². The molecule has 1 rings (SSSR count). The molecular formula is C9H9Br2NO3S. The maximum atomic E-state index is 11.6. The third kappa shape index (κ3) is 4.23. The number of carbonyl (C=O) groups is 2. The fraction of sp³-hybridized carbons (Fsp3) is 0.333. The van der Waals surface area contributed by atoms with Crippen molar-refractivity contribution in [3.63, 3.8) is 0 Å². The van der Waals surface area contributed by atoms with Gasteiger partial charge >= 0.3 is 5.97 Å². The van der Waals surface area contributed by atoms with Gasteiger partial charge in [-0.1, -0.05) is 0 Å². The third-order valence-corrected chi connectivity index (χ3v) is 4.09. The fourth-order valence-electron chi connectivity index (χ4n) is 1.03. The van der Waals surface area contributed by atoms with E-state index in [1.807, 2.05) is 0 Å². The van der Waals surface area contributed by atoms with Crippen molar-refractivity contribution in [2.45, 2.75) is 12.8 Å². The molecule has 2 N–H and O–H groups in total. The van der Waals surface area contributed by atoms with Gasteiger partial charge in [-0.3, -0.25) is 9.59 Å². The molecule has 7 heteroatoms. The normalized spacial score (nSPS) is 10.1. The van der Waals surface area contributed by atoms with E-state index in [1.54, 1.807) is 6.07 Å². The smallest absolute Gasteiger partial charge is 0.303 e. The first-order chi connectivity index (χ1) is 7.50. The standard InChI is InChI=1S/C9H9Br2NO3S/c10-6-4-5(8(11)16-6)9(15)12-3-1-2-7(13)14/h4H,1-3H2,(H,12,15)(H,13,14). The topological polar surface area (TPSA) is 66.4 Å². The van der Waals surface area contributed by atoms with Gasteiger partial charge < -0.3 is 10.4 Å². The van der Waals surface area contributed by atoms with Crippen LogP contribution in [0.5, 0.6) is 0 Å². The SMILES string of the molecule is O=C(O)CCCNC(=O)c1cc(Br)sc1Br. The summed E-state index contributed by atoms with van der Waals surface area (Å²) in [6.07, 6.45) is 0.499. The van der Waals surface area contributed by atoms with E-state index in [-0.39, 0.29) is 12.3 Å². The van der Waals surface area contributed by atoms with Crippen LogP contribution in [0.1, 0.15) is 23.2 Å². The zero-order valence-electron chi connectivity index (χ0n) is 8.13. The lowest BCUT2D eigenvalue weighted by Crippen LogP contribution is -2.24. The molecular weight excluding hydrogens is 362 g/mol. The van der Waals surface area contributed by atoms with E-state index in [0.717, 1.165) is 7.57 Å². The summed E-state index contributed by atoms with van der Waals surface area (Å²) in [6, 6.07) is 1.72. The summed E-state index contributed by atoms with van der Waals surface area (Å²) >= 11 is 7.99. The summed E-state index contributed by atoms with van der Waals surface area (Å²) in [5.41, 5.74) is 0.562. The van der Waals surface area contributed by atoms with E-state index >= 15 is 0 Å². The number of carboxylic acids is 1. The molecule has 0 aliphatic heterocycles. The highest BCUT2D eigenvalue weighted by atomic mass is 79.9. The average molecular weight is 371 g/mol. The molecule has 0 bridgehead atoms. The van der Waals surface area contributed by atoms with Crippen LogP contribution in [0.4, 0.5) is 0 Å². The molecule has 0 fully saturated rings. The Labute approximate surface area is 113 Å². The molecule has 0 saturated carbocycles. The number of hydrogen-bond donors (Lipinski definition) is 2. The molecule has 0 aliphatic rings. The minimum absolute atomic E-state index is 0.0643. The maximum Gasteiger partial charge on any atom is 0.303 e. The lowest BCUT2D eigenvalue weighted by Gasteiger charge is -2.02. The van der Waals surface area contributed by atoms with Crippen molar-refractivity contribution in [1.82, 2.24) is 5.32 Å². The number of nitrogens with one attached hydrogen (secondary N) is 1. The number of halogens is 2. The maximum absolute atomic E-state index is 11.6. The minimum Gasteiger partial charge on any atom is -0.481 e. The first-order valence-corrected chi connectivity index (χ1v) is 6.86. The van der Waals surface area contributed by atoms with Crippen LogP contribution in [0, 0.1) is 0 Å². The van der Waals surface area contributed by atoms with Gasteiger partial charge in [0.1, 0.15) is 0 Å². The number of aliphatic carboxylic acids is 1. The van der Waals surface area contributed by atoms with Gasteiger partial charge in [0.25, 0.3) is 5.91 Å². The largest absolute Gasteiger partial charge is 0.481 e. The van der Waals surface area contributed by atoms with E-state index in [1.165, 1.54) is 11.3 Å². The second-order valence-corrected chi connectivity index (χ2v) is 6.74. The van der Waals surface area contributed by atoms with Crippen LogP contribution < -0.4 is 5.32 Å². The minimum atomic E-state index is -0.853. The van der Waals surface area contributed by atoms with Crippen molar-refractivity contribution < 1.29 is 14.7 Å². The molecule has 1 heterocycles. The highest BCUT2D eigenvalue weighted by molar-refractivity contribution is 9.12. The third-order valence-electron chi connectivity index (χ3n) is 1.75. The molecule has 0 aliphatic carbocycles. The van der Waals surface area contributed by atoms with Crippen LogP contribution in [-0.4, -0.2) is 23.5 Å². The van der Waals surface area contributed by atoms with Crippen LogP contribution in [0.2, 0.25) is 0 Å². The Hall–Kier alpha value is -0.400. The Morgan fingerprint density at radius 2 is 2.12 bits per heavy atom. The van der Waals surface area contributed by atoms with Gasteiger partial charge in [-0.15, -0.1) is 11.3 Å². The number of thiophene rings is 1. The summed E-state index contributed by atoms with van der Waals surface area (Å²) < 4.78 is 1.63. The predicted octanol–water partition coefficient (Wildman–Crippen LogP) is 2.87. The summed E-state index contributed by atoms with van der Waals surface area (Å²) in [4.78, 5) is 21.9. The van der Waals surface area contributed by atoms with Crippen molar-refractivity contribution in [3.8, 4) is 0 Å². The Balaban J connectivity index is 2.41. The van der Waals surface area contributed by atoms with E-state index in [4.69, 9.17) is 5.11 Å². The van der Waals surface area contributed by atoms with Crippen molar-refractivity contribution in [3.05, 3.63) is 19.2 Å². The highest BCUT2D eigenvalue weighted by Gasteiger charge is 2.12. The van der Waals surface area contributed by atoms with Crippen molar-refractivity contribution >= 4 is 55.1 Å². The van der Waals surface area contributed by atoms with Gasteiger partial charge in [0.2, 0.25) is 0 Å². The molecule has 0 atom stereocenters. The fourth-order valence-corrected chi connectivity index (χ4v) is 3.83. The summed E-state index contributed by atoms with van der Waals surface area (Å²) in [7, 11) is 0. The van der Waals surface area contributed by atoms with E-state index in [2.05, 4.69) is 37.2 Å². The van der Waals surface area contributed by atoms with Crippen LogP contribution in [0.15, 0.2) is 13.6 Å². The second kappa shape index (κ2) is 6.36. The van der Waals surface area contributed by atoms with Gasteiger partial charge in [0.05, 0.1) is 13.1 Å². The molecule has 1 amide bonds. The second-order valence-electron chi connectivity index (χ2n) is 2.99. The molecule has 0 unspecified atom stereocenters. The van der Waals surface area contributed by atoms with Crippen LogP contribution in [0.25, 0.3) is 0 Å². The molecule has 16 heavy (non-hydrogen) atoms. The molecule has 1 aromatic rings. The zero-order valence-corrected chi connectivity index (χ0v) is 12.1. The lowest BCUT2D eigenvalue weighted by molar-refractivity contribution is -0.137. The van der Waals surface area contributed by atoms with Crippen molar-refractivity contribution in [1.29, 1.82) is 0 Å². The molecule has 0 aromatic carbocycles. The number of amides is 1. The van der Waals surface area contributed by atoms with Gasteiger partial charge in [0.15, 0.2) is 0 Å². The summed E-state index contributed by atoms with van der Waals surface area (Å²) in [5.74, 6) is -1.05. The van der Waals surface area contributed by atoms with E-state index < -0.39 is 5.97 Å². The van der Waals surface area contributed by atoms with Crippen LogP contribution in [0.3, 0.4) is 0 Å². The van der Waals surface area contributed by atoms with Crippen LogP contribution >= 0.6 is 43.2 Å². The zero-order chi connectivity index (χ0) is 12.1. The summed E-state index contributed by atoms with van der Waals surface area (Å²) in [5, 5.41) is 11.1. The molecule has 1 aromatic heterocycles. The number of carboxylic acid groups (broad SMARTS) is 1. The Morgan fingerprint density at radius 1 is 1.44 bits per heavy atom. The predicted molar refractivity (Wildman–Crippen MR) is 68.9 cm³/mol. The number of hydrogen-bond acceptors (Lipinski definition) is 3. The first-order valence-electron chi connectivity index (χ1n) is 4.45. The monoisotopic (exact) mass is 369 g/mol. The molecule has 0 spiro atoms. The Bertz CT molecular complexity index is 405. The molecule has 0 radical (unpaired) electrons. The number of carbonyl (C=O) groups excluding carboxylic acids is 1. The summed E-state index contributed by atoms with van der Waals surface area (Å²) in [6.45, 7) is 0.366.